The van der Waals surface area contributed by atoms with Crippen LogP contribution in [0.3, 0.4) is 0 Å². The minimum Gasteiger partial charge on any atom is -0.466 e. The number of allylic oxidation sites excluding steroid dienone is 2. The lowest BCUT2D eigenvalue weighted by Crippen LogP contribution is -2.33. The van der Waals surface area contributed by atoms with Crippen LogP contribution in [-0.4, -0.2) is 51.3 Å². The van der Waals surface area contributed by atoms with Crippen LogP contribution >= 0.6 is 0 Å². The lowest BCUT2D eigenvalue weighted by atomic mass is 9.84. The molecule has 8 bridgehead atoms. The van der Waals surface area contributed by atoms with Gasteiger partial charge in [-0.2, -0.15) is 0 Å². The molecule has 1 aliphatic carbocycles. The number of methoxy groups -OCH3 is 1. The molecule has 4 atom stereocenters. The van der Waals surface area contributed by atoms with Crippen LogP contribution in [0.4, 0.5) is 0 Å². The fourth-order valence-corrected chi connectivity index (χ4v) is 8.09. The summed E-state index contributed by atoms with van der Waals surface area (Å²) in [4.78, 5) is 37.2. The maximum atomic E-state index is 13.6. The summed E-state index contributed by atoms with van der Waals surface area (Å²) in [5.74, 6) is -3.31. The molecule has 0 aromatic carbocycles. The summed E-state index contributed by atoms with van der Waals surface area (Å²) < 4.78 is 16.7. The summed E-state index contributed by atoms with van der Waals surface area (Å²) in [6, 6.07) is 0. The molecular weight excluding hydrogens is 608 g/mol. The lowest BCUT2D eigenvalue weighted by molar-refractivity contribution is -0.145. The zero-order chi connectivity index (χ0) is 34.3. The molecule has 5 N–H and O–H groups in total. The molecule has 250 valence electrons. The van der Waals surface area contributed by atoms with Crippen LogP contribution in [0.2, 0.25) is 0 Å². The fraction of sp³-hybridized carbons (Fsp3) is 0.368. The largest absolute Gasteiger partial charge is 0.466 e. The van der Waals surface area contributed by atoms with Crippen molar-refractivity contribution in [3.05, 3.63) is 97.5 Å². The zero-order valence-electron chi connectivity index (χ0n) is 28.3. The van der Waals surface area contributed by atoms with E-state index in [0.29, 0.717) is 28.9 Å². The SMILES string of the molecule is C=CCOC(=O)CC[C@@H]1/C2=C3/c4[nH]c(c(C)c4[C@@]4(O)O[C@@]34C(=O)OC)/C=c3\[nH]/c(c(C)c3CC)=C\c3[nH]c(c(C)c3C=C)/C=C(\N2)[C@H]1C. The number of carbonyl (C=O) groups is 2. The number of H-pyrrole nitrogens is 3. The number of hydrogen-bond donors (Lipinski definition) is 5. The molecule has 3 aromatic rings. The first kappa shape index (κ1) is 31.8. The summed E-state index contributed by atoms with van der Waals surface area (Å²) in [5.41, 5.74) is 9.18. The summed E-state index contributed by atoms with van der Waals surface area (Å²) in [6.07, 6.45) is 11.1. The third-order valence-corrected chi connectivity index (χ3v) is 10.7. The summed E-state index contributed by atoms with van der Waals surface area (Å²) in [7, 11) is 1.29. The average molecular weight is 651 g/mol. The Labute approximate surface area is 279 Å². The predicted octanol–water partition coefficient (Wildman–Crippen LogP) is 3.99. The molecule has 0 amide bonds. The van der Waals surface area contributed by atoms with Crippen LogP contribution in [0.1, 0.15) is 82.8 Å². The smallest absolute Gasteiger partial charge is 0.349 e. The van der Waals surface area contributed by atoms with Gasteiger partial charge in [0.05, 0.1) is 12.8 Å². The van der Waals surface area contributed by atoms with Gasteiger partial charge in [0.2, 0.25) is 5.79 Å². The molecule has 0 spiro atoms. The van der Waals surface area contributed by atoms with Crippen LogP contribution in [0.15, 0.2) is 30.6 Å². The van der Waals surface area contributed by atoms with Gasteiger partial charge in [0, 0.05) is 74.1 Å². The van der Waals surface area contributed by atoms with E-state index in [1.807, 2.05) is 13.0 Å². The number of carbonyl (C=O) groups excluding carboxylic acids is 2. The molecule has 48 heavy (non-hydrogen) atoms. The number of fused-ring (bicyclic) bond motifs is 10. The maximum absolute atomic E-state index is 13.6. The second kappa shape index (κ2) is 11.1. The Bertz CT molecular complexity index is 2120. The Kier molecular flexibility index (Phi) is 7.37. The fourth-order valence-electron chi connectivity index (χ4n) is 8.09. The number of epoxide rings is 1. The first-order chi connectivity index (χ1) is 22.9. The van der Waals surface area contributed by atoms with Gasteiger partial charge in [0.15, 0.2) is 0 Å². The van der Waals surface area contributed by atoms with Crippen molar-refractivity contribution in [1.29, 1.82) is 0 Å². The number of aromatic nitrogens is 3. The molecule has 2 fully saturated rings. The topological polar surface area (TPSA) is 145 Å². The van der Waals surface area contributed by atoms with Crippen molar-refractivity contribution in [2.75, 3.05) is 13.7 Å². The number of esters is 2. The second-order valence-electron chi connectivity index (χ2n) is 13.1. The molecule has 0 unspecified atom stereocenters. The number of hydrogen-bond acceptors (Lipinski definition) is 7. The molecule has 10 heteroatoms. The number of aliphatic hydroxyl groups is 1. The van der Waals surface area contributed by atoms with E-state index in [1.165, 1.54) is 18.7 Å². The third kappa shape index (κ3) is 4.25. The van der Waals surface area contributed by atoms with E-state index in [1.54, 1.807) is 0 Å². The summed E-state index contributed by atoms with van der Waals surface area (Å²) >= 11 is 0. The molecule has 10 nitrogen and oxygen atoms in total. The van der Waals surface area contributed by atoms with E-state index in [2.05, 4.69) is 79.3 Å². The van der Waals surface area contributed by atoms with E-state index in [4.69, 9.17) is 14.2 Å². The van der Waals surface area contributed by atoms with E-state index < -0.39 is 17.4 Å². The van der Waals surface area contributed by atoms with Crippen molar-refractivity contribution in [1.82, 2.24) is 20.3 Å². The molecule has 2 saturated heterocycles. The van der Waals surface area contributed by atoms with Gasteiger partial charge >= 0.3 is 11.9 Å². The third-order valence-electron chi connectivity index (χ3n) is 10.7. The molecule has 6 heterocycles. The second-order valence-corrected chi connectivity index (χ2v) is 13.1. The summed E-state index contributed by atoms with van der Waals surface area (Å²) in [5, 5.41) is 17.7. The molecule has 0 radical (unpaired) electrons. The average Bonchev–Trinajstić information content (AvgIpc) is 3.43. The van der Waals surface area contributed by atoms with Crippen molar-refractivity contribution < 1.29 is 28.9 Å². The Morgan fingerprint density at radius 1 is 1.02 bits per heavy atom. The van der Waals surface area contributed by atoms with Gasteiger partial charge in [-0.05, 0) is 74.1 Å². The molecule has 0 saturated carbocycles. The van der Waals surface area contributed by atoms with Gasteiger partial charge in [-0.1, -0.05) is 39.2 Å². The molecule has 4 aliphatic rings. The highest BCUT2D eigenvalue weighted by molar-refractivity contribution is 6.06. The van der Waals surface area contributed by atoms with Crippen LogP contribution in [0.25, 0.3) is 29.9 Å². The number of ether oxygens (including phenoxy) is 3. The van der Waals surface area contributed by atoms with E-state index in [-0.39, 0.29) is 30.8 Å². The van der Waals surface area contributed by atoms with Gasteiger partial charge < -0.3 is 39.6 Å². The zero-order valence-corrected chi connectivity index (χ0v) is 28.3. The Balaban J connectivity index is 1.54. The summed E-state index contributed by atoms with van der Waals surface area (Å²) in [6.45, 7) is 18.2. The lowest BCUT2D eigenvalue weighted by Gasteiger charge is -2.20. The highest BCUT2D eigenvalue weighted by Crippen LogP contribution is 2.70. The van der Waals surface area contributed by atoms with Crippen LogP contribution in [-0.2, 0) is 36.0 Å². The van der Waals surface area contributed by atoms with Gasteiger partial charge in [-0.3, -0.25) is 4.79 Å². The van der Waals surface area contributed by atoms with Gasteiger partial charge in [0.25, 0.3) is 5.60 Å². The van der Waals surface area contributed by atoms with E-state index in [9.17, 15) is 14.7 Å². The highest BCUT2D eigenvalue weighted by atomic mass is 16.8. The van der Waals surface area contributed by atoms with Crippen LogP contribution in [0.5, 0.6) is 0 Å². The van der Waals surface area contributed by atoms with Gasteiger partial charge in [0.1, 0.15) is 6.61 Å². The van der Waals surface area contributed by atoms with E-state index in [0.717, 1.165) is 62.2 Å². The Hall–Kier alpha value is -4.80. The molecule has 7 rings (SSSR count). The standard InChI is InChI=1S/C38H42N4O6/c1-9-14-47-31(43)13-12-24-20(6)27-15-25-18(4)22(10-2)29(39-25)16-26-19(5)23(11-3)30(40-26)17-28-21(7)32-35(42-28)33(34(24)41-27)37(36(44)46-8)38(32,45)48-37/h9-10,15-17,20,24,39-42,45H,1-2,11-14H2,3-8H3/b26-16-,27-15-,30-17-,34-33+/t20-,24-,37+,38+/m0/s1. The normalized spacial score (nSPS) is 28.6. The van der Waals surface area contributed by atoms with E-state index >= 15 is 0 Å². The minimum atomic E-state index is -1.91. The molecule has 3 aliphatic heterocycles. The first-order valence-corrected chi connectivity index (χ1v) is 16.5. The Morgan fingerprint density at radius 2 is 1.75 bits per heavy atom. The molecular formula is C38H42N4O6. The quantitative estimate of drug-likeness (QED) is 0.141. The predicted molar refractivity (Wildman–Crippen MR) is 183 cm³/mol. The van der Waals surface area contributed by atoms with Crippen molar-refractivity contribution in [2.45, 2.75) is 65.3 Å². The van der Waals surface area contributed by atoms with Crippen molar-refractivity contribution in [3.8, 4) is 0 Å². The van der Waals surface area contributed by atoms with Crippen LogP contribution < -0.4 is 16.0 Å². The van der Waals surface area contributed by atoms with Crippen molar-refractivity contribution in [2.24, 2.45) is 11.8 Å². The maximum Gasteiger partial charge on any atom is 0.349 e. The minimum absolute atomic E-state index is 0.106. The van der Waals surface area contributed by atoms with Crippen molar-refractivity contribution in [3.63, 3.8) is 0 Å². The van der Waals surface area contributed by atoms with Gasteiger partial charge in [-0.25, -0.2) is 4.79 Å². The van der Waals surface area contributed by atoms with Gasteiger partial charge in [-0.15, -0.1) is 0 Å². The number of aromatic amines is 3. The van der Waals surface area contributed by atoms with Crippen LogP contribution in [0, 0.1) is 32.6 Å². The number of nitrogens with one attached hydrogen (secondary N) is 4. The monoisotopic (exact) mass is 650 g/mol. The van der Waals surface area contributed by atoms with Crippen molar-refractivity contribution >= 4 is 41.8 Å². The molecule has 3 aromatic heterocycles. The highest BCUT2D eigenvalue weighted by Gasteiger charge is 2.85. The number of rotatable bonds is 8. The first-order valence-electron chi connectivity index (χ1n) is 16.5. The Morgan fingerprint density at radius 3 is 2.44 bits per heavy atom.